The third-order valence-electron chi connectivity index (χ3n) is 3.23. The van der Waals surface area contributed by atoms with Crippen LogP contribution in [0, 0.1) is 6.92 Å². The summed E-state index contributed by atoms with van der Waals surface area (Å²) in [5, 5.41) is 3.33. The minimum atomic E-state index is -0.386. The number of nitrogens with zero attached hydrogens (tertiary/aromatic N) is 1. The summed E-state index contributed by atoms with van der Waals surface area (Å²) < 4.78 is 5.34. The van der Waals surface area contributed by atoms with Crippen LogP contribution in [0.25, 0.3) is 0 Å². The van der Waals surface area contributed by atoms with E-state index in [1.54, 1.807) is 13.2 Å². The van der Waals surface area contributed by atoms with Crippen LogP contribution in [0.15, 0.2) is 30.3 Å². The Hall–Kier alpha value is -1.78. The largest absolute Gasteiger partial charge is 0.496 e. The molecular formula is C16H16Cl2N2O2. The van der Waals surface area contributed by atoms with Crippen molar-refractivity contribution in [2.75, 3.05) is 7.11 Å². The van der Waals surface area contributed by atoms with E-state index in [1.165, 1.54) is 6.07 Å². The van der Waals surface area contributed by atoms with Crippen molar-refractivity contribution in [3.05, 3.63) is 57.3 Å². The van der Waals surface area contributed by atoms with E-state index < -0.39 is 0 Å². The lowest BCUT2D eigenvalue weighted by Crippen LogP contribution is -2.28. The molecule has 1 aromatic carbocycles. The van der Waals surface area contributed by atoms with Gasteiger partial charge in [-0.15, -0.1) is 0 Å². The Morgan fingerprint density at radius 1 is 1.27 bits per heavy atom. The molecule has 1 heterocycles. The highest BCUT2D eigenvalue weighted by Crippen LogP contribution is 2.26. The third kappa shape index (κ3) is 3.70. The second-order valence-electron chi connectivity index (χ2n) is 4.90. The fraction of sp³-hybridized carbons (Fsp3) is 0.250. The van der Waals surface area contributed by atoms with Crippen LogP contribution in [-0.4, -0.2) is 18.0 Å². The second-order valence-corrected chi connectivity index (χ2v) is 5.70. The Balaban J connectivity index is 2.25. The number of hydrogen-bond acceptors (Lipinski definition) is 3. The second kappa shape index (κ2) is 6.99. The summed E-state index contributed by atoms with van der Waals surface area (Å²) in [5.74, 6) is 0.326. The standard InChI is InChI=1S/C16H16Cl2N2O2/c1-9-4-6-13(22-3)11(8-9)10(2)19-16(21)15-12(17)5-7-14(18)20-15/h4-8,10H,1-3H3,(H,19,21). The molecule has 1 amide bonds. The first kappa shape index (κ1) is 16.6. The van der Waals surface area contributed by atoms with Gasteiger partial charge in [0.05, 0.1) is 18.2 Å². The molecular weight excluding hydrogens is 323 g/mol. The van der Waals surface area contributed by atoms with Crippen LogP contribution < -0.4 is 10.1 Å². The zero-order valence-electron chi connectivity index (χ0n) is 12.5. The number of aromatic nitrogens is 1. The van der Waals surface area contributed by atoms with Crippen molar-refractivity contribution in [2.24, 2.45) is 0 Å². The molecule has 0 saturated carbocycles. The number of nitrogens with one attached hydrogen (secondary N) is 1. The van der Waals surface area contributed by atoms with Gasteiger partial charge in [0, 0.05) is 5.56 Å². The van der Waals surface area contributed by atoms with Crippen molar-refractivity contribution in [2.45, 2.75) is 19.9 Å². The zero-order valence-corrected chi connectivity index (χ0v) is 14.0. The van der Waals surface area contributed by atoms with Gasteiger partial charge in [0.15, 0.2) is 0 Å². The summed E-state index contributed by atoms with van der Waals surface area (Å²) >= 11 is 11.8. The first-order valence-corrected chi connectivity index (χ1v) is 7.45. The Labute approximate surface area is 139 Å². The average Bonchev–Trinajstić information content (AvgIpc) is 2.49. The van der Waals surface area contributed by atoms with Crippen LogP contribution in [0.3, 0.4) is 0 Å². The van der Waals surface area contributed by atoms with Gasteiger partial charge < -0.3 is 10.1 Å². The summed E-state index contributed by atoms with van der Waals surface area (Å²) in [7, 11) is 1.60. The molecule has 2 rings (SSSR count). The number of ether oxygens (including phenoxy) is 1. The molecule has 6 heteroatoms. The monoisotopic (exact) mass is 338 g/mol. The fourth-order valence-corrected chi connectivity index (χ4v) is 2.45. The Morgan fingerprint density at radius 3 is 2.68 bits per heavy atom. The van der Waals surface area contributed by atoms with Crippen molar-refractivity contribution in [3.63, 3.8) is 0 Å². The van der Waals surface area contributed by atoms with Crippen LogP contribution in [0.4, 0.5) is 0 Å². The lowest BCUT2D eigenvalue weighted by Gasteiger charge is -2.18. The SMILES string of the molecule is COc1ccc(C)cc1C(C)NC(=O)c1nc(Cl)ccc1Cl. The molecule has 1 aromatic heterocycles. The molecule has 116 valence electrons. The summed E-state index contributed by atoms with van der Waals surface area (Å²) in [5.41, 5.74) is 2.07. The molecule has 1 atom stereocenters. The first-order chi connectivity index (χ1) is 10.4. The van der Waals surface area contributed by atoms with E-state index in [9.17, 15) is 4.79 Å². The third-order valence-corrected chi connectivity index (χ3v) is 3.74. The van der Waals surface area contributed by atoms with Crippen molar-refractivity contribution < 1.29 is 9.53 Å². The summed E-state index contributed by atoms with van der Waals surface area (Å²) in [6.45, 7) is 3.85. The normalized spacial score (nSPS) is 11.9. The number of carbonyl (C=O) groups is 1. The molecule has 4 nitrogen and oxygen atoms in total. The van der Waals surface area contributed by atoms with Gasteiger partial charge in [0.25, 0.3) is 5.91 Å². The number of aryl methyl sites for hydroxylation is 1. The van der Waals surface area contributed by atoms with Crippen molar-refractivity contribution in [1.82, 2.24) is 10.3 Å². The summed E-state index contributed by atoms with van der Waals surface area (Å²) in [6, 6.07) is 8.61. The van der Waals surface area contributed by atoms with Gasteiger partial charge in [0.2, 0.25) is 0 Å². The number of amides is 1. The number of methoxy groups -OCH3 is 1. The Morgan fingerprint density at radius 2 is 2.00 bits per heavy atom. The minimum Gasteiger partial charge on any atom is -0.496 e. The molecule has 1 unspecified atom stereocenters. The molecule has 0 aliphatic carbocycles. The van der Waals surface area contributed by atoms with E-state index >= 15 is 0 Å². The van der Waals surface area contributed by atoms with E-state index in [2.05, 4.69) is 10.3 Å². The van der Waals surface area contributed by atoms with Crippen molar-refractivity contribution in [1.29, 1.82) is 0 Å². The van der Waals surface area contributed by atoms with Crippen LogP contribution in [0.5, 0.6) is 5.75 Å². The number of carbonyl (C=O) groups excluding carboxylic acids is 1. The molecule has 0 aliphatic rings. The quantitative estimate of drug-likeness (QED) is 0.850. The molecule has 0 bridgehead atoms. The predicted octanol–water partition coefficient (Wildman–Crippen LogP) is 4.20. The molecule has 1 N–H and O–H groups in total. The molecule has 2 aromatic rings. The highest BCUT2D eigenvalue weighted by Gasteiger charge is 2.18. The molecule has 22 heavy (non-hydrogen) atoms. The predicted molar refractivity (Wildman–Crippen MR) is 87.9 cm³/mol. The van der Waals surface area contributed by atoms with Gasteiger partial charge >= 0.3 is 0 Å². The highest BCUT2D eigenvalue weighted by atomic mass is 35.5. The van der Waals surface area contributed by atoms with Crippen molar-refractivity contribution >= 4 is 29.1 Å². The number of halogens is 2. The van der Waals surface area contributed by atoms with E-state index in [0.717, 1.165) is 11.1 Å². The van der Waals surface area contributed by atoms with E-state index in [4.69, 9.17) is 27.9 Å². The molecule has 0 fully saturated rings. The molecule has 0 radical (unpaired) electrons. The van der Waals surface area contributed by atoms with E-state index in [0.29, 0.717) is 5.75 Å². The minimum absolute atomic E-state index is 0.104. The van der Waals surface area contributed by atoms with Gasteiger partial charge in [-0.3, -0.25) is 4.79 Å². The topological polar surface area (TPSA) is 51.2 Å². The smallest absolute Gasteiger partial charge is 0.271 e. The summed E-state index contributed by atoms with van der Waals surface area (Å²) in [4.78, 5) is 16.3. The van der Waals surface area contributed by atoms with Gasteiger partial charge in [-0.1, -0.05) is 40.9 Å². The lowest BCUT2D eigenvalue weighted by atomic mass is 10.0. The van der Waals surface area contributed by atoms with Crippen LogP contribution in [0.1, 0.15) is 34.6 Å². The van der Waals surface area contributed by atoms with Crippen molar-refractivity contribution in [3.8, 4) is 5.75 Å². The maximum atomic E-state index is 12.3. The maximum absolute atomic E-state index is 12.3. The van der Waals surface area contributed by atoms with Crippen LogP contribution in [0.2, 0.25) is 10.2 Å². The number of pyridine rings is 1. The van der Waals surface area contributed by atoms with E-state index in [1.807, 2.05) is 32.0 Å². The zero-order chi connectivity index (χ0) is 16.3. The fourth-order valence-electron chi connectivity index (χ4n) is 2.11. The number of benzene rings is 1. The number of rotatable bonds is 4. The Kier molecular flexibility index (Phi) is 5.27. The molecule has 0 spiro atoms. The first-order valence-electron chi connectivity index (χ1n) is 6.70. The van der Waals surface area contributed by atoms with Gasteiger partial charge in [-0.25, -0.2) is 4.98 Å². The number of hydrogen-bond donors (Lipinski definition) is 1. The van der Waals surface area contributed by atoms with E-state index in [-0.39, 0.29) is 27.8 Å². The Bertz CT molecular complexity index is 705. The maximum Gasteiger partial charge on any atom is 0.271 e. The molecule has 0 saturated heterocycles. The highest BCUT2D eigenvalue weighted by molar-refractivity contribution is 6.34. The average molecular weight is 339 g/mol. The van der Waals surface area contributed by atoms with Gasteiger partial charge in [-0.05, 0) is 32.0 Å². The van der Waals surface area contributed by atoms with Crippen LogP contribution >= 0.6 is 23.2 Å². The van der Waals surface area contributed by atoms with Gasteiger partial charge in [-0.2, -0.15) is 0 Å². The summed E-state index contributed by atoms with van der Waals surface area (Å²) in [6.07, 6.45) is 0. The molecule has 0 aliphatic heterocycles. The lowest BCUT2D eigenvalue weighted by molar-refractivity contribution is 0.0934. The van der Waals surface area contributed by atoms with Gasteiger partial charge in [0.1, 0.15) is 16.6 Å². The van der Waals surface area contributed by atoms with Crippen LogP contribution in [-0.2, 0) is 0 Å².